The molecule has 0 bridgehead atoms. The molecule has 0 saturated carbocycles. The van der Waals surface area contributed by atoms with Crippen LogP contribution in [0.3, 0.4) is 0 Å². The van der Waals surface area contributed by atoms with Crippen molar-refractivity contribution in [3.05, 3.63) is 53.5 Å². The fourth-order valence-corrected chi connectivity index (χ4v) is 1.68. The van der Waals surface area contributed by atoms with Gasteiger partial charge in [-0.2, -0.15) is 0 Å². The number of aromatic nitrogens is 1. The number of benzene rings is 1. The largest absolute Gasteiger partial charge is 0.398 e. The average molecular weight is 245 g/mol. The molecule has 1 heterocycles. The van der Waals surface area contributed by atoms with E-state index in [1.54, 1.807) is 18.3 Å². The number of nitrogens with zero attached hydrogens (tertiary/aromatic N) is 2. The molecule has 4 heteroatoms. The molecule has 2 N–H and O–H groups in total. The number of nitrogen functional groups attached to an aromatic ring is 1. The van der Waals surface area contributed by atoms with E-state index in [4.69, 9.17) is 5.73 Å². The Morgan fingerprint density at radius 1 is 1.28 bits per heavy atom. The van der Waals surface area contributed by atoms with Gasteiger partial charge in [0, 0.05) is 31.5 Å². The molecule has 0 fully saturated rings. The first-order valence-corrected chi connectivity index (χ1v) is 5.74. The van der Waals surface area contributed by atoms with Crippen LogP contribution < -0.4 is 10.6 Å². The quantitative estimate of drug-likeness (QED) is 0.904. The Bertz CT molecular complexity index is 537. The van der Waals surface area contributed by atoms with Gasteiger partial charge in [-0.1, -0.05) is 12.1 Å². The number of aryl methyl sites for hydroxylation is 1. The number of rotatable bonds is 3. The van der Waals surface area contributed by atoms with Gasteiger partial charge in [0.1, 0.15) is 11.6 Å². The van der Waals surface area contributed by atoms with Crippen molar-refractivity contribution in [2.75, 3.05) is 17.7 Å². The summed E-state index contributed by atoms with van der Waals surface area (Å²) in [6, 6.07) is 8.30. The smallest absolute Gasteiger partial charge is 0.130 e. The first-order chi connectivity index (χ1) is 8.56. The Morgan fingerprint density at radius 3 is 2.56 bits per heavy atom. The summed E-state index contributed by atoms with van der Waals surface area (Å²) in [5, 5.41) is 0. The summed E-state index contributed by atoms with van der Waals surface area (Å²) >= 11 is 0. The molecule has 0 aliphatic heterocycles. The number of anilines is 2. The molecule has 2 rings (SSSR count). The minimum absolute atomic E-state index is 0.223. The van der Waals surface area contributed by atoms with E-state index in [0.717, 1.165) is 22.6 Å². The number of halogens is 1. The van der Waals surface area contributed by atoms with Gasteiger partial charge in [0.2, 0.25) is 0 Å². The van der Waals surface area contributed by atoms with E-state index in [1.807, 2.05) is 24.9 Å². The van der Waals surface area contributed by atoms with Crippen LogP contribution in [0, 0.1) is 12.7 Å². The fraction of sp³-hybridized carbons (Fsp3) is 0.214. The highest BCUT2D eigenvalue weighted by Crippen LogP contribution is 2.18. The maximum Gasteiger partial charge on any atom is 0.130 e. The Labute approximate surface area is 106 Å². The third kappa shape index (κ3) is 2.77. The van der Waals surface area contributed by atoms with Gasteiger partial charge in [-0.25, -0.2) is 9.37 Å². The molecule has 0 aliphatic rings. The topological polar surface area (TPSA) is 42.2 Å². The normalized spacial score (nSPS) is 10.4. The molecule has 3 nitrogen and oxygen atoms in total. The maximum absolute atomic E-state index is 12.8. The van der Waals surface area contributed by atoms with Crippen molar-refractivity contribution in [1.82, 2.24) is 4.98 Å². The molecule has 94 valence electrons. The van der Waals surface area contributed by atoms with E-state index in [0.29, 0.717) is 6.54 Å². The van der Waals surface area contributed by atoms with Crippen molar-refractivity contribution in [1.29, 1.82) is 0 Å². The van der Waals surface area contributed by atoms with Gasteiger partial charge in [-0.3, -0.25) is 0 Å². The Hall–Kier alpha value is -2.10. The highest BCUT2D eigenvalue weighted by Gasteiger charge is 2.05. The molecule has 0 atom stereocenters. The van der Waals surface area contributed by atoms with Crippen molar-refractivity contribution in [3.63, 3.8) is 0 Å². The first-order valence-electron chi connectivity index (χ1n) is 5.74. The molecule has 18 heavy (non-hydrogen) atoms. The van der Waals surface area contributed by atoms with Gasteiger partial charge >= 0.3 is 0 Å². The van der Waals surface area contributed by atoms with Crippen LogP contribution in [0.15, 0.2) is 36.5 Å². The highest BCUT2D eigenvalue weighted by atomic mass is 19.1. The van der Waals surface area contributed by atoms with E-state index in [2.05, 4.69) is 4.98 Å². The van der Waals surface area contributed by atoms with Crippen LogP contribution in [0.1, 0.15) is 11.1 Å². The zero-order chi connectivity index (χ0) is 13.1. The van der Waals surface area contributed by atoms with Crippen molar-refractivity contribution in [2.45, 2.75) is 13.5 Å². The van der Waals surface area contributed by atoms with Gasteiger partial charge in [0.15, 0.2) is 0 Å². The molecule has 0 radical (unpaired) electrons. The lowest BCUT2D eigenvalue weighted by molar-refractivity contribution is 0.627. The summed E-state index contributed by atoms with van der Waals surface area (Å²) < 4.78 is 12.8. The van der Waals surface area contributed by atoms with Crippen LogP contribution >= 0.6 is 0 Å². The molecule has 0 saturated heterocycles. The van der Waals surface area contributed by atoms with Crippen LogP contribution in [0.2, 0.25) is 0 Å². The Kier molecular flexibility index (Phi) is 3.46. The third-order valence-electron chi connectivity index (χ3n) is 2.85. The van der Waals surface area contributed by atoms with Gasteiger partial charge in [0.05, 0.1) is 0 Å². The Morgan fingerprint density at radius 2 is 1.94 bits per heavy atom. The molecular weight excluding hydrogens is 229 g/mol. The molecule has 1 aromatic heterocycles. The van der Waals surface area contributed by atoms with E-state index >= 15 is 0 Å². The maximum atomic E-state index is 12.8. The lowest BCUT2D eigenvalue weighted by Gasteiger charge is -2.19. The average Bonchev–Trinajstić information content (AvgIpc) is 2.35. The number of hydrogen-bond acceptors (Lipinski definition) is 3. The zero-order valence-corrected chi connectivity index (χ0v) is 10.5. The van der Waals surface area contributed by atoms with Gasteiger partial charge in [-0.15, -0.1) is 0 Å². The second-order valence-corrected chi connectivity index (χ2v) is 4.38. The standard InChI is InChI=1S/C14H16FN3/c1-10-8-17-14(7-13(10)16)18(2)9-11-3-5-12(15)6-4-11/h3-8H,9H2,1-2H3,(H2,16,17). The van der Waals surface area contributed by atoms with Gasteiger partial charge in [0.25, 0.3) is 0 Å². The number of pyridine rings is 1. The SMILES string of the molecule is Cc1cnc(N(C)Cc2ccc(F)cc2)cc1N. The molecule has 1 aromatic carbocycles. The summed E-state index contributed by atoms with van der Waals surface area (Å²) in [5.74, 6) is 0.585. The van der Waals surface area contributed by atoms with Crippen LogP contribution in [0.4, 0.5) is 15.9 Å². The highest BCUT2D eigenvalue weighted by molar-refractivity contribution is 5.54. The van der Waals surface area contributed by atoms with Crippen molar-refractivity contribution in [3.8, 4) is 0 Å². The van der Waals surface area contributed by atoms with E-state index in [9.17, 15) is 4.39 Å². The second kappa shape index (κ2) is 5.04. The van der Waals surface area contributed by atoms with E-state index in [-0.39, 0.29) is 5.82 Å². The predicted octanol–water partition coefficient (Wildman–Crippen LogP) is 2.75. The summed E-state index contributed by atoms with van der Waals surface area (Å²) in [4.78, 5) is 6.30. The van der Waals surface area contributed by atoms with Crippen LogP contribution in [-0.4, -0.2) is 12.0 Å². The predicted molar refractivity (Wildman–Crippen MR) is 71.9 cm³/mol. The minimum atomic E-state index is -0.223. The Balaban J connectivity index is 2.13. The molecule has 0 unspecified atom stereocenters. The summed E-state index contributed by atoms with van der Waals surface area (Å²) in [6.45, 7) is 2.59. The van der Waals surface area contributed by atoms with Crippen LogP contribution in [0.5, 0.6) is 0 Å². The summed E-state index contributed by atoms with van der Waals surface area (Å²) in [7, 11) is 1.93. The van der Waals surface area contributed by atoms with Crippen molar-refractivity contribution in [2.24, 2.45) is 0 Å². The number of hydrogen-bond donors (Lipinski definition) is 1. The molecule has 0 amide bonds. The molecule has 2 aromatic rings. The molecule has 0 aliphatic carbocycles. The second-order valence-electron chi connectivity index (χ2n) is 4.38. The van der Waals surface area contributed by atoms with Crippen LogP contribution in [-0.2, 0) is 6.54 Å². The summed E-state index contributed by atoms with van der Waals surface area (Å²) in [5.41, 5.74) is 8.58. The van der Waals surface area contributed by atoms with Crippen molar-refractivity contribution >= 4 is 11.5 Å². The van der Waals surface area contributed by atoms with Gasteiger partial charge < -0.3 is 10.6 Å². The van der Waals surface area contributed by atoms with Gasteiger partial charge in [-0.05, 0) is 30.2 Å². The zero-order valence-electron chi connectivity index (χ0n) is 10.5. The minimum Gasteiger partial charge on any atom is -0.398 e. The van der Waals surface area contributed by atoms with E-state index in [1.165, 1.54) is 12.1 Å². The van der Waals surface area contributed by atoms with Crippen LogP contribution in [0.25, 0.3) is 0 Å². The lowest BCUT2D eigenvalue weighted by Crippen LogP contribution is -2.18. The molecular formula is C14H16FN3. The third-order valence-corrected chi connectivity index (χ3v) is 2.85. The molecule has 0 spiro atoms. The summed E-state index contributed by atoms with van der Waals surface area (Å²) in [6.07, 6.45) is 1.76. The monoisotopic (exact) mass is 245 g/mol. The van der Waals surface area contributed by atoms with E-state index < -0.39 is 0 Å². The number of nitrogens with two attached hydrogens (primary N) is 1. The van der Waals surface area contributed by atoms with Crippen molar-refractivity contribution < 1.29 is 4.39 Å². The lowest BCUT2D eigenvalue weighted by atomic mass is 10.2. The first kappa shape index (κ1) is 12.4. The fourth-order valence-electron chi connectivity index (χ4n) is 1.68.